The molecule has 4 nitrogen and oxygen atoms in total. The van der Waals surface area contributed by atoms with E-state index in [1.807, 2.05) is 26.0 Å². The number of carbonyl (C=O) groups excluding carboxylic acids is 1. The van der Waals surface area contributed by atoms with Crippen molar-refractivity contribution in [3.05, 3.63) is 53.0 Å². The summed E-state index contributed by atoms with van der Waals surface area (Å²) in [5.41, 5.74) is 2.07. The summed E-state index contributed by atoms with van der Waals surface area (Å²) in [7, 11) is 1.35. The van der Waals surface area contributed by atoms with E-state index in [1.165, 1.54) is 19.2 Å². The Morgan fingerprint density at radius 3 is 2.57 bits per heavy atom. The zero-order valence-corrected chi connectivity index (χ0v) is 14.0. The smallest absolute Gasteiger partial charge is 0.337 e. The average Bonchev–Trinajstić information content (AvgIpc) is 2.53. The predicted molar refractivity (Wildman–Crippen MR) is 92.0 cm³/mol. The van der Waals surface area contributed by atoms with Gasteiger partial charge in [-0.15, -0.1) is 0 Å². The van der Waals surface area contributed by atoms with Gasteiger partial charge in [-0.25, -0.2) is 9.18 Å². The van der Waals surface area contributed by atoms with Crippen molar-refractivity contribution in [1.82, 2.24) is 10.6 Å². The molecule has 0 amide bonds. The van der Waals surface area contributed by atoms with E-state index in [9.17, 15) is 9.18 Å². The van der Waals surface area contributed by atoms with Crippen molar-refractivity contribution in [2.75, 3.05) is 7.11 Å². The second kappa shape index (κ2) is 7.37. The zero-order valence-electron chi connectivity index (χ0n) is 13.2. The fraction of sp³-hybridized carbons (Fsp3) is 0.294. The number of hydrogen-bond acceptors (Lipinski definition) is 3. The molecule has 23 heavy (non-hydrogen) atoms. The molecule has 1 aliphatic rings. The Balaban J connectivity index is 2.36. The number of rotatable bonds is 4. The lowest BCUT2D eigenvalue weighted by atomic mass is 9.95. The van der Waals surface area contributed by atoms with Gasteiger partial charge in [-0.3, -0.25) is 0 Å². The van der Waals surface area contributed by atoms with E-state index >= 15 is 0 Å². The first-order valence-electron chi connectivity index (χ1n) is 7.26. The van der Waals surface area contributed by atoms with Crippen molar-refractivity contribution in [1.29, 1.82) is 0 Å². The Morgan fingerprint density at radius 2 is 2.00 bits per heavy atom. The summed E-state index contributed by atoms with van der Waals surface area (Å²) in [6.07, 6.45) is 3.63. The molecule has 1 aliphatic heterocycles. The van der Waals surface area contributed by atoms with Crippen LogP contribution in [-0.4, -0.2) is 24.2 Å². The first-order valence-corrected chi connectivity index (χ1v) is 7.67. The summed E-state index contributed by atoms with van der Waals surface area (Å²) in [5.74, 6) is -0.614. The molecule has 2 N–H and O–H groups in total. The first-order chi connectivity index (χ1) is 10.9. The molecule has 0 aliphatic carbocycles. The molecule has 0 fully saturated rings. The number of esters is 1. The minimum atomic E-state index is -0.412. The van der Waals surface area contributed by atoms with Gasteiger partial charge in [-0.05, 0) is 35.8 Å². The third kappa shape index (κ3) is 4.16. The van der Waals surface area contributed by atoms with Gasteiger partial charge >= 0.3 is 5.97 Å². The maximum atomic E-state index is 13.0. The lowest BCUT2D eigenvalue weighted by Gasteiger charge is -2.30. The van der Waals surface area contributed by atoms with Crippen molar-refractivity contribution >= 4 is 29.4 Å². The van der Waals surface area contributed by atoms with Crippen molar-refractivity contribution in [2.24, 2.45) is 5.92 Å². The van der Waals surface area contributed by atoms with Crippen LogP contribution in [0.4, 0.5) is 4.39 Å². The van der Waals surface area contributed by atoms with Gasteiger partial charge in [0.2, 0.25) is 0 Å². The molecule has 0 radical (unpaired) electrons. The average molecular weight is 334 g/mol. The molecule has 0 aromatic heterocycles. The molecule has 0 saturated carbocycles. The van der Waals surface area contributed by atoms with E-state index in [4.69, 9.17) is 17.0 Å². The largest absolute Gasteiger partial charge is 0.466 e. The lowest BCUT2D eigenvalue weighted by molar-refractivity contribution is -0.136. The van der Waals surface area contributed by atoms with Crippen LogP contribution in [0.1, 0.15) is 19.4 Å². The number of ether oxygens (including phenoxy) is 1. The SMILES string of the molecule is COC(=O)C1=C(C(C)C)NC(=S)N[C@H]1/C=C/c1ccc(F)cc1. The highest BCUT2D eigenvalue weighted by Crippen LogP contribution is 2.21. The summed E-state index contributed by atoms with van der Waals surface area (Å²) in [6.45, 7) is 3.94. The molecule has 0 bridgehead atoms. The number of thiocarbonyl (C=S) groups is 1. The van der Waals surface area contributed by atoms with Gasteiger partial charge in [0.05, 0.1) is 18.7 Å². The van der Waals surface area contributed by atoms with Crippen LogP contribution in [-0.2, 0) is 9.53 Å². The van der Waals surface area contributed by atoms with E-state index in [0.29, 0.717) is 10.7 Å². The second-order valence-corrected chi connectivity index (χ2v) is 5.87. The Kier molecular flexibility index (Phi) is 5.50. The summed E-state index contributed by atoms with van der Waals surface area (Å²) < 4.78 is 17.9. The molecule has 0 spiro atoms. The Bertz CT molecular complexity index is 666. The number of benzene rings is 1. The zero-order chi connectivity index (χ0) is 17.0. The van der Waals surface area contributed by atoms with Crippen LogP contribution >= 0.6 is 12.2 Å². The molecule has 1 heterocycles. The monoisotopic (exact) mass is 334 g/mol. The van der Waals surface area contributed by atoms with Crippen molar-refractivity contribution < 1.29 is 13.9 Å². The van der Waals surface area contributed by atoms with Gasteiger partial charge < -0.3 is 15.4 Å². The van der Waals surface area contributed by atoms with Crippen molar-refractivity contribution in [3.8, 4) is 0 Å². The van der Waals surface area contributed by atoms with Crippen LogP contribution in [0.15, 0.2) is 41.6 Å². The maximum Gasteiger partial charge on any atom is 0.337 e. The molecule has 6 heteroatoms. The predicted octanol–water partition coefficient (Wildman–Crippen LogP) is 2.77. The van der Waals surface area contributed by atoms with E-state index in [1.54, 1.807) is 12.1 Å². The summed E-state index contributed by atoms with van der Waals surface area (Å²) in [6, 6.07) is 5.69. The van der Waals surface area contributed by atoms with Gasteiger partial charge in [0.15, 0.2) is 5.11 Å². The highest BCUT2D eigenvalue weighted by Gasteiger charge is 2.30. The second-order valence-electron chi connectivity index (χ2n) is 5.46. The fourth-order valence-electron chi connectivity index (χ4n) is 2.33. The minimum Gasteiger partial charge on any atom is -0.466 e. The lowest BCUT2D eigenvalue weighted by Crippen LogP contribution is -2.50. The summed E-state index contributed by atoms with van der Waals surface area (Å²) in [5, 5.41) is 6.54. The van der Waals surface area contributed by atoms with Gasteiger partial charge in [0.25, 0.3) is 0 Å². The first kappa shape index (κ1) is 17.1. The van der Waals surface area contributed by atoms with Gasteiger partial charge in [-0.1, -0.05) is 38.1 Å². The van der Waals surface area contributed by atoms with Crippen molar-refractivity contribution in [2.45, 2.75) is 19.9 Å². The molecule has 1 aromatic carbocycles. The van der Waals surface area contributed by atoms with Crippen LogP contribution in [0, 0.1) is 11.7 Å². The molecule has 1 atom stereocenters. The van der Waals surface area contributed by atoms with Crippen LogP contribution in [0.25, 0.3) is 6.08 Å². The highest BCUT2D eigenvalue weighted by atomic mass is 32.1. The Labute approximate surface area is 140 Å². The fourth-order valence-corrected chi connectivity index (χ4v) is 2.57. The number of halogens is 1. The van der Waals surface area contributed by atoms with E-state index < -0.39 is 12.0 Å². The normalized spacial score (nSPS) is 18.1. The van der Waals surface area contributed by atoms with Gasteiger partial charge in [-0.2, -0.15) is 0 Å². The number of hydrogen-bond donors (Lipinski definition) is 2. The molecule has 122 valence electrons. The molecule has 2 rings (SSSR count). The third-order valence-electron chi connectivity index (χ3n) is 3.47. The van der Waals surface area contributed by atoms with Gasteiger partial charge in [0, 0.05) is 5.70 Å². The highest BCUT2D eigenvalue weighted by molar-refractivity contribution is 7.80. The molecule has 0 saturated heterocycles. The topological polar surface area (TPSA) is 50.4 Å². The number of allylic oxidation sites excluding steroid dienone is 1. The number of carbonyl (C=O) groups is 1. The van der Waals surface area contributed by atoms with E-state index in [-0.39, 0.29) is 11.7 Å². The quantitative estimate of drug-likeness (QED) is 0.655. The summed E-state index contributed by atoms with van der Waals surface area (Å²) in [4.78, 5) is 12.2. The Morgan fingerprint density at radius 1 is 1.35 bits per heavy atom. The number of nitrogens with one attached hydrogen (secondary N) is 2. The van der Waals surface area contributed by atoms with E-state index in [2.05, 4.69) is 10.6 Å². The van der Waals surface area contributed by atoms with Crippen LogP contribution < -0.4 is 10.6 Å². The minimum absolute atomic E-state index is 0.0888. The van der Waals surface area contributed by atoms with E-state index in [0.717, 1.165) is 11.3 Å². The number of methoxy groups -OCH3 is 1. The standard InChI is InChI=1S/C17H19FN2O2S/c1-10(2)15-14(16(21)22-3)13(19-17(23)20-15)9-6-11-4-7-12(18)8-5-11/h4-10,13H,1-3H3,(H2,19,20,23)/b9-6+/t13-/m0/s1. The van der Waals surface area contributed by atoms with Gasteiger partial charge in [0.1, 0.15) is 5.82 Å². The van der Waals surface area contributed by atoms with Crippen LogP contribution in [0.5, 0.6) is 0 Å². The maximum absolute atomic E-state index is 13.0. The Hall–Kier alpha value is -2.21. The molecule has 1 aromatic rings. The molecule has 0 unspecified atom stereocenters. The molecular weight excluding hydrogens is 315 g/mol. The van der Waals surface area contributed by atoms with Crippen molar-refractivity contribution in [3.63, 3.8) is 0 Å². The van der Waals surface area contributed by atoms with Crippen LogP contribution in [0.3, 0.4) is 0 Å². The summed E-state index contributed by atoms with van der Waals surface area (Å²) >= 11 is 5.21. The third-order valence-corrected chi connectivity index (χ3v) is 3.69. The molecular formula is C17H19FN2O2S. The van der Waals surface area contributed by atoms with Crippen LogP contribution in [0.2, 0.25) is 0 Å².